The third kappa shape index (κ3) is 2.98. The molecule has 0 amide bonds. The molecule has 0 heterocycles. The van der Waals surface area contributed by atoms with Crippen molar-refractivity contribution in [1.82, 2.24) is 0 Å². The van der Waals surface area contributed by atoms with Gasteiger partial charge in [-0.3, -0.25) is 0 Å². The van der Waals surface area contributed by atoms with Crippen molar-refractivity contribution in [2.45, 2.75) is 6.54 Å². The lowest BCUT2D eigenvalue weighted by atomic mass is 10.1. The molecule has 0 atom stereocenters. The lowest BCUT2D eigenvalue weighted by Gasteiger charge is -2.14. The molecule has 102 valence electrons. The van der Waals surface area contributed by atoms with Gasteiger partial charge in [-0.25, -0.2) is 0 Å². The summed E-state index contributed by atoms with van der Waals surface area (Å²) in [4.78, 5) is 0. The Balaban J connectivity index is 2.30. The van der Waals surface area contributed by atoms with Crippen LogP contribution in [0.2, 0.25) is 10.0 Å². The van der Waals surface area contributed by atoms with E-state index in [4.69, 9.17) is 33.2 Å². The highest BCUT2D eigenvalue weighted by molar-refractivity contribution is 6.36. The fraction of sp³-hybridized carbons (Fsp3) is 0.133. The molecule has 0 aliphatic rings. The van der Waals surface area contributed by atoms with Crippen molar-refractivity contribution in [3.63, 3.8) is 0 Å². The summed E-state index contributed by atoms with van der Waals surface area (Å²) in [7, 11) is 1.56. The van der Waals surface area contributed by atoms with E-state index >= 15 is 0 Å². The first kappa shape index (κ1) is 14.5. The number of rotatable bonds is 4. The summed E-state index contributed by atoms with van der Waals surface area (Å²) >= 11 is 12.2. The number of nitriles is 1. The minimum absolute atomic E-state index is 0.410. The van der Waals surface area contributed by atoms with Crippen molar-refractivity contribution < 1.29 is 4.74 Å². The van der Waals surface area contributed by atoms with E-state index in [1.54, 1.807) is 43.5 Å². The van der Waals surface area contributed by atoms with Gasteiger partial charge in [0.05, 0.1) is 18.4 Å². The first-order valence-corrected chi connectivity index (χ1v) is 6.67. The summed E-state index contributed by atoms with van der Waals surface area (Å²) in [6.45, 7) is 0.410. The van der Waals surface area contributed by atoms with E-state index in [1.165, 1.54) is 0 Å². The zero-order valence-corrected chi connectivity index (χ0v) is 12.3. The van der Waals surface area contributed by atoms with E-state index in [1.807, 2.05) is 0 Å². The molecule has 0 unspecified atom stereocenters. The van der Waals surface area contributed by atoms with Crippen molar-refractivity contribution in [1.29, 1.82) is 5.26 Å². The average molecular weight is 307 g/mol. The van der Waals surface area contributed by atoms with Gasteiger partial charge in [0.25, 0.3) is 0 Å². The minimum atomic E-state index is 0.410. The van der Waals surface area contributed by atoms with Crippen LogP contribution < -0.4 is 10.1 Å². The second-order valence-electron chi connectivity index (χ2n) is 4.05. The topological polar surface area (TPSA) is 45.0 Å². The maximum absolute atomic E-state index is 9.15. The van der Waals surface area contributed by atoms with Gasteiger partial charge in [0.15, 0.2) is 0 Å². The summed E-state index contributed by atoms with van der Waals surface area (Å²) < 4.78 is 5.26. The van der Waals surface area contributed by atoms with Gasteiger partial charge in [0.1, 0.15) is 11.8 Å². The summed E-state index contributed by atoms with van der Waals surface area (Å²) in [6, 6.07) is 12.7. The molecular weight excluding hydrogens is 295 g/mol. The number of para-hydroxylation sites is 1. The van der Waals surface area contributed by atoms with E-state index in [0.717, 1.165) is 5.56 Å². The fourth-order valence-electron chi connectivity index (χ4n) is 1.85. The first-order chi connectivity index (χ1) is 9.67. The van der Waals surface area contributed by atoms with Gasteiger partial charge < -0.3 is 10.1 Å². The van der Waals surface area contributed by atoms with Crippen LogP contribution in [0.4, 0.5) is 5.69 Å². The standard InChI is InChI=1S/C15H12Cl2N2O/c1-20-14-7-2-4-10(8-18)15(14)19-9-11-12(16)5-3-6-13(11)17/h2-7,19H,9H2,1H3. The van der Waals surface area contributed by atoms with Crippen LogP contribution in [0.3, 0.4) is 0 Å². The number of halogens is 2. The highest BCUT2D eigenvalue weighted by atomic mass is 35.5. The predicted octanol–water partition coefficient (Wildman–Crippen LogP) is 4.49. The molecule has 2 aromatic rings. The molecule has 0 saturated heterocycles. The van der Waals surface area contributed by atoms with Gasteiger partial charge in [-0.05, 0) is 24.3 Å². The van der Waals surface area contributed by atoms with Gasteiger partial charge in [-0.15, -0.1) is 0 Å². The zero-order chi connectivity index (χ0) is 14.5. The maximum atomic E-state index is 9.15. The van der Waals surface area contributed by atoms with Crippen molar-refractivity contribution in [3.05, 3.63) is 57.6 Å². The highest BCUT2D eigenvalue weighted by Gasteiger charge is 2.10. The molecule has 5 heteroatoms. The molecule has 3 nitrogen and oxygen atoms in total. The number of nitrogens with zero attached hydrogens (tertiary/aromatic N) is 1. The Morgan fingerprint density at radius 1 is 1.15 bits per heavy atom. The maximum Gasteiger partial charge on any atom is 0.143 e. The quantitative estimate of drug-likeness (QED) is 0.905. The van der Waals surface area contributed by atoms with E-state index < -0.39 is 0 Å². The monoisotopic (exact) mass is 306 g/mol. The van der Waals surface area contributed by atoms with Crippen molar-refractivity contribution in [3.8, 4) is 11.8 Å². The second-order valence-corrected chi connectivity index (χ2v) is 4.86. The summed E-state index contributed by atoms with van der Waals surface area (Å²) in [6.07, 6.45) is 0. The Kier molecular flexibility index (Phi) is 4.73. The normalized spacial score (nSPS) is 9.90. The van der Waals surface area contributed by atoms with Gasteiger partial charge in [-0.1, -0.05) is 35.3 Å². The number of methoxy groups -OCH3 is 1. The SMILES string of the molecule is COc1cccc(C#N)c1NCc1c(Cl)cccc1Cl. The van der Waals surface area contributed by atoms with Crippen molar-refractivity contribution in [2.24, 2.45) is 0 Å². The van der Waals surface area contributed by atoms with E-state index in [0.29, 0.717) is 33.6 Å². The number of hydrogen-bond donors (Lipinski definition) is 1. The molecule has 0 saturated carbocycles. The number of ether oxygens (including phenoxy) is 1. The van der Waals surface area contributed by atoms with Gasteiger partial charge >= 0.3 is 0 Å². The minimum Gasteiger partial charge on any atom is -0.495 e. The summed E-state index contributed by atoms with van der Waals surface area (Å²) in [5.74, 6) is 0.604. The smallest absolute Gasteiger partial charge is 0.143 e. The third-order valence-corrected chi connectivity index (χ3v) is 3.58. The number of hydrogen-bond acceptors (Lipinski definition) is 3. The Labute approximate surface area is 127 Å². The molecule has 0 fully saturated rings. The Hall–Kier alpha value is -1.89. The molecule has 0 radical (unpaired) electrons. The largest absolute Gasteiger partial charge is 0.495 e. The lowest BCUT2D eigenvalue weighted by Crippen LogP contribution is -2.04. The molecule has 1 N–H and O–H groups in total. The van der Waals surface area contributed by atoms with Gasteiger partial charge in [-0.2, -0.15) is 5.26 Å². The molecule has 0 spiro atoms. The number of anilines is 1. The van der Waals surface area contributed by atoms with Crippen LogP contribution in [-0.2, 0) is 6.54 Å². The second kappa shape index (κ2) is 6.51. The summed E-state index contributed by atoms with van der Waals surface area (Å²) in [5.41, 5.74) is 1.92. The van der Waals surface area contributed by atoms with Crippen LogP contribution in [0, 0.1) is 11.3 Å². The van der Waals surface area contributed by atoms with E-state index in [-0.39, 0.29) is 0 Å². The first-order valence-electron chi connectivity index (χ1n) is 5.91. The zero-order valence-electron chi connectivity index (χ0n) is 10.8. The Morgan fingerprint density at radius 2 is 1.80 bits per heavy atom. The predicted molar refractivity (Wildman–Crippen MR) is 81.5 cm³/mol. The fourth-order valence-corrected chi connectivity index (χ4v) is 2.39. The molecule has 2 aromatic carbocycles. The van der Waals surface area contributed by atoms with Crippen LogP contribution in [0.25, 0.3) is 0 Å². The van der Waals surface area contributed by atoms with E-state index in [2.05, 4.69) is 11.4 Å². The molecule has 0 aromatic heterocycles. The third-order valence-electron chi connectivity index (χ3n) is 2.87. The Morgan fingerprint density at radius 3 is 2.40 bits per heavy atom. The average Bonchev–Trinajstić information content (AvgIpc) is 2.46. The van der Waals surface area contributed by atoms with Crippen LogP contribution >= 0.6 is 23.2 Å². The Bertz CT molecular complexity index is 645. The van der Waals surface area contributed by atoms with Crippen LogP contribution in [0.5, 0.6) is 5.75 Å². The molecule has 0 bridgehead atoms. The number of nitrogens with one attached hydrogen (secondary N) is 1. The van der Waals surface area contributed by atoms with Crippen molar-refractivity contribution in [2.75, 3.05) is 12.4 Å². The van der Waals surface area contributed by atoms with Crippen LogP contribution in [0.15, 0.2) is 36.4 Å². The highest BCUT2D eigenvalue weighted by Crippen LogP contribution is 2.30. The molecule has 0 aliphatic carbocycles. The molecule has 0 aliphatic heterocycles. The van der Waals surface area contributed by atoms with Crippen LogP contribution in [-0.4, -0.2) is 7.11 Å². The van der Waals surface area contributed by atoms with E-state index in [9.17, 15) is 0 Å². The molecule has 20 heavy (non-hydrogen) atoms. The van der Waals surface area contributed by atoms with Crippen LogP contribution in [0.1, 0.15) is 11.1 Å². The molecular formula is C15H12Cl2N2O. The molecule has 2 rings (SSSR count). The van der Waals surface area contributed by atoms with Gasteiger partial charge in [0.2, 0.25) is 0 Å². The lowest BCUT2D eigenvalue weighted by molar-refractivity contribution is 0.416. The van der Waals surface area contributed by atoms with Gasteiger partial charge in [0, 0.05) is 22.2 Å². The van der Waals surface area contributed by atoms with Crippen molar-refractivity contribution >= 4 is 28.9 Å². The summed E-state index contributed by atoms with van der Waals surface area (Å²) in [5, 5.41) is 13.5. The number of benzene rings is 2.